The van der Waals surface area contributed by atoms with Crippen LogP contribution in [-0.2, 0) is 14.3 Å². The summed E-state index contributed by atoms with van der Waals surface area (Å²) in [4.78, 5) is 22.3. The summed E-state index contributed by atoms with van der Waals surface area (Å²) < 4.78 is 9.58. The standard InChI is InChI=1S/C10H17NO4/c1-3-4-5-6-7-8(9(12)14-2)11-10(13)15-7/h7-8H,3-6H2,1-2H3,(H,11,13). The second-order valence-corrected chi connectivity index (χ2v) is 3.58. The second kappa shape index (κ2) is 5.58. The Labute approximate surface area is 89.1 Å². The van der Waals surface area contributed by atoms with Gasteiger partial charge in [0.15, 0.2) is 6.04 Å². The van der Waals surface area contributed by atoms with E-state index in [4.69, 9.17) is 4.74 Å². The van der Waals surface area contributed by atoms with E-state index in [0.717, 1.165) is 19.3 Å². The third-order valence-corrected chi connectivity index (χ3v) is 2.45. The molecule has 0 bridgehead atoms. The van der Waals surface area contributed by atoms with Gasteiger partial charge in [0.05, 0.1) is 7.11 Å². The maximum Gasteiger partial charge on any atom is 0.408 e. The molecule has 5 heteroatoms. The molecule has 1 aliphatic heterocycles. The number of carbonyl (C=O) groups is 2. The van der Waals surface area contributed by atoms with Gasteiger partial charge in [0.2, 0.25) is 0 Å². The number of rotatable bonds is 5. The van der Waals surface area contributed by atoms with Gasteiger partial charge in [0.25, 0.3) is 0 Å². The minimum Gasteiger partial charge on any atom is -0.467 e. The molecule has 2 unspecified atom stereocenters. The van der Waals surface area contributed by atoms with Crippen LogP contribution in [0.25, 0.3) is 0 Å². The summed E-state index contributed by atoms with van der Waals surface area (Å²) >= 11 is 0. The van der Waals surface area contributed by atoms with Crippen LogP contribution in [0.2, 0.25) is 0 Å². The minimum atomic E-state index is -0.639. The van der Waals surface area contributed by atoms with Gasteiger partial charge >= 0.3 is 12.1 Å². The molecule has 0 aromatic carbocycles. The molecule has 0 aromatic rings. The molecule has 0 saturated carbocycles. The molecule has 2 atom stereocenters. The fourth-order valence-corrected chi connectivity index (χ4v) is 1.62. The number of carbonyl (C=O) groups excluding carboxylic acids is 2. The lowest BCUT2D eigenvalue weighted by molar-refractivity contribution is -0.144. The van der Waals surface area contributed by atoms with Crippen LogP contribution >= 0.6 is 0 Å². The highest BCUT2D eigenvalue weighted by atomic mass is 16.6. The molecule has 1 aliphatic rings. The maximum atomic E-state index is 11.3. The van der Waals surface area contributed by atoms with Crippen molar-refractivity contribution in [3.63, 3.8) is 0 Å². The third kappa shape index (κ3) is 3.11. The van der Waals surface area contributed by atoms with Crippen LogP contribution in [0.5, 0.6) is 0 Å². The third-order valence-electron chi connectivity index (χ3n) is 2.45. The molecule has 15 heavy (non-hydrogen) atoms. The summed E-state index contributed by atoms with van der Waals surface area (Å²) in [7, 11) is 1.30. The summed E-state index contributed by atoms with van der Waals surface area (Å²) in [5, 5.41) is 2.45. The van der Waals surface area contributed by atoms with Crippen molar-refractivity contribution in [3.05, 3.63) is 0 Å². The Hall–Kier alpha value is -1.26. The number of esters is 1. The van der Waals surface area contributed by atoms with Crippen molar-refractivity contribution in [1.82, 2.24) is 5.32 Å². The lowest BCUT2D eigenvalue weighted by Crippen LogP contribution is -2.40. The number of unbranched alkanes of at least 4 members (excludes halogenated alkanes) is 2. The van der Waals surface area contributed by atoms with Crippen LogP contribution in [0.1, 0.15) is 32.6 Å². The largest absolute Gasteiger partial charge is 0.467 e. The van der Waals surface area contributed by atoms with Crippen LogP contribution in [0.15, 0.2) is 0 Å². The smallest absolute Gasteiger partial charge is 0.408 e. The van der Waals surface area contributed by atoms with Gasteiger partial charge in [-0.25, -0.2) is 9.59 Å². The molecule has 0 radical (unpaired) electrons. The van der Waals surface area contributed by atoms with E-state index < -0.39 is 18.1 Å². The first-order chi connectivity index (χ1) is 7.19. The molecule has 1 heterocycles. The summed E-state index contributed by atoms with van der Waals surface area (Å²) in [6.07, 6.45) is 2.90. The van der Waals surface area contributed by atoms with Gasteiger partial charge in [-0.05, 0) is 12.8 Å². The Morgan fingerprint density at radius 1 is 1.53 bits per heavy atom. The molecular formula is C10H17NO4. The first-order valence-electron chi connectivity index (χ1n) is 5.24. The van der Waals surface area contributed by atoms with E-state index in [0.29, 0.717) is 6.42 Å². The van der Waals surface area contributed by atoms with Crippen molar-refractivity contribution in [2.75, 3.05) is 7.11 Å². The van der Waals surface area contributed by atoms with Gasteiger partial charge in [-0.3, -0.25) is 0 Å². The molecule has 1 rings (SSSR count). The number of hydrogen-bond donors (Lipinski definition) is 1. The first-order valence-corrected chi connectivity index (χ1v) is 5.24. The van der Waals surface area contributed by atoms with Crippen LogP contribution in [0, 0.1) is 0 Å². The molecule has 1 saturated heterocycles. The van der Waals surface area contributed by atoms with Crippen LogP contribution in [-0.4, -0.2) is 31.3 Å². The van der Waals surface area contributed by atoms with Gasteiger partial charge in [0, 0.05) is 0 Å². The average molecular weight is 215 g/mol. The molecule has 5 nitrogen and oxygen atoms in total. The van der Waals surface area contributed by atoms with Crippen molar-refractivity contribution in [2.24, 2.45) is 0 Å². The van der Waals surface area contributed by atoms with Crippen LogP contribution in [0.4, 0.5) is 4.79 Å². The van der Waals surface area contributed by atoms with E-state index in [-0.39, 0.29) is 6.10 Å². The van der Waals surface area contributed by atoms with Crippen LogP contribution in [0.3, 0.4) is 0 Å². The Morgan fingerprint density at radius 2 is 2.27 bits per heavy atom. The van der Waals surface area contributed by atoms with E-state index in [1.54, 1.807) is 0 Å². The summed E-state index contributed by atoms with van der Waals surface area (Å²) in [6, 6.07) is -0.639. The predicted molar refractivity (Wildman–Crippen MR) is 53.4 cm³/mol. The van der Waals surface area contributed by atoms with Crippen molar-refractivity contribution in [3.8, 4) is 0 Å². The normalized spacial score (nSPS) is 24.5. The lowest BCUT2D eigenvalue weighted by Gasteiger charge is -2.14. The van der Waals surface area contributed by atoms with E-state index in [1.807, 2.05) is 0 Å². The van der Waals surface area contributed by atoms with Gasteiger partial charge in [-0.1, -0.05) is 19.8 Å². The zero-order chi connectivity index (χ0) is 11.3. The fraction of sp³-hybridized carbons (Fsp3) is 0.800. The summed E-state index contributed by atoms with van der Waals surface area (Å²) in [5.41, 5.74) is 0. The number of alkyl carbamates (subject to hydrolysis) is 1. The SMILES string of the molecule is CCCCCC1OC(=O)NC1C(=O)OC. The number of hydrogen-bond acceptors (Lipinski definition) is 4. The molecule has 1 amide bonds. The Morgan fingerprint density at radius 3 is 2.87 bits per heavy atom. The Kier molecular flexibility index (Phi) is 4.39. The van der Waals surface area contributed by atoms with E-state index >= 15 is 0 Å². The molecule has 0 aliphatic carbocycles. The van der Waals surface area contributed by atoms with Gasteiger partial charge in [-0.2, -0.15) is 0 Å². The highest BCUT2D eigenvalue weighted by molar-refractivity contribution is 5.84. The van der Waals surface area contributed by atoms with E-state index in [1.165, 1.54) is 7.11 Å². The topological polar surface area (TPSA) is 64.6 Å². The molecular weight excluding hydrogens is 198 g/mol. The second-order valence-electron chi connectivity index (χ2n) is 3.58. The molecule has 0 spiro atoms. The van der Waals surface area contributed by atoms with Crippen molar-refractivity contribution in [1.29, 1.82) is 0 Å². The molecule has 1 fully saturated rings. The van der Waals surface area contributed by atoms with Crippen LogP contribution < -0.4 is 5.32 Å². The van der Waals surface area contributed by atoms with E-state index in [2.05, 4.69) is 17.0 Å². The summed E-state index contributed by atoms with van der Waals surface area (Å²) in [6.45, 7) is 2.09. The Bertz CT molecular complexity index is 242. The quantitative estimate of drug-likeness (QED) is 0.553. The highest BCUT2D eigenvalue weighted by Gasteiger charge is 2.39. The molecule has 1 N–H and O–H groups in total. The molecule has 0 aromatic heterocycles. The highest BCUT2D eigenvalue weighted by Crippen LogP contribution is 2.16. The fourth-order valence-electron chi connectivity index (χ4n) is 1.62. The van der Waals surface area contributed by atoms with E-state index in [9.17, 15) is 9.59 Å². The average Bonchev–Trinajstić information content (AvgIpc) is 2.59. The maximum absolute atomic E-state index is 11.3. The lowest BCUT2D eigenvalue weighted by atomic mass is 10.0. The number of cyclic esters (lactones) is 1. The van der Waals surface area contributed by atoms with Crippen molar-refractivity contribution >= 4 is 12.1 Å². The zero-order valence-corrected chi connectivity index (χ0v) is 9.12. The number of methoxy groups -OCH3 is 1. The van der Waals surface area contributed by atoms with Crippen molar-refractivity contribution < 1.29 is 19.1 Å². The molecule has 86 valence electrons. The van der Waals surface area contributed by atoms with Gasteiger partial charge in [-0.15, -0.1) is 0 Å². The summed E-state index contributed by atoms with van der Waals surface area (Å²) in [5.74, 6) is -0.442. The first kappa shape index (κ1) is 11.8. The number of nitrogens with one attached hydrogen (secondary N) is 1. The number of amides is 1. The zero-order valence-electron chi connectivity index (χ0n) is 9.12. The monoisotopic (exact) mass is 215 g/mol. The number of ether oxygens (including phenoxy) is 2. The van der Waals surface area contributed by atoms with Gasteiger partial charge < -0.3 is 14.8 Å². The minimum absolute atomic E-state index is 0.378. The van der Waals surface area contributed by atoms with Gasteiger partial charge in [0.1, 0.15) is 6.10 Å². The predicted octanol–water partition coefficient (Wildman–Crippen LogP) is 1.22. The Balaban J connectivity index is 2.45. The van der Waals surface area contributed by atoms with Crippen molar-refractivity contribution in [2.45, 2.75) is 44.8 Å².